The Hall–Kier alpha value is -1.56. The van der Waals surface area contributed by atoms with Gasteiger partial charge in [0.2, 0.25) is 5.78 Å². The van der Waals surface area contributed by atoms with Crippen molar-refractivity contribution in [2.45, 2.75) is 12.6 Å². The maximum atomic E-state index is 12.5. The molecule has 0 bridgehead atoms. The van der Waals surface area contributed by atoms with Crippen LogP contribution in [-0.4, -0.2) is 5.78 Å². The zero-order chi connectivity index (χ0) is 14.0. The molecule has 0 N–H and O–H groups in total. The molecule has 1 aromatic carbocycles. The van der Waals surface area contributed by atoms with Gasteiger partial charge in [-0.3, -0.25) is 4.79 Å². The molecule has 100 valence electrons. The third kappa shape index (κ3) is 3.47. The van der Waals surface area contributed by atoms with Gasteiger partial charge in [0.15, 0.2) is 10.4 Å². The molecule has 0 atom stereocenters. The van der Waals surface area contributed by atoms with Gasteiger partial charge in [0.25, 0.3) is 0 Å². The van der Waals surface area contributed by atoms with Crippen LogP contribution in [0.15, 0.2) is 45.5 Å². The first-order valence-corrected chi connectivity index (χ1v) is 6.10. The minimum atomic E-state index is -4.41. The molecule has 2 rings (SSSR count). The fraction of sp³-hybridized carbons (Fsp3) is 0.154. The van der Waals surface area contributed by atoms with E-state index in [0.717, 1.165) is 12.1 Å². The Kier molecular flexibility index (Phi) is 3.80. The molecule has 0 fully saturated rings. The third-order valence-corrected chi connectivity index (χ3v) is 2.89. The Morgan fingerprint density at radius 2 is 1.95 bits per heavy atom. The molecule has 1 aromatic heterocycles. The summed E-state index contributed by atoms with van der Waals surface area (Å²) in [5, 5.41) is 0. The summed E-state index contributed by atoms with van der Waals surface area (Å²) in [4.78, 5) is 11.8. The number of hydrogen-bond donors (Lipinski definition) is 0. The molecule has 0 spiro atoms. The van der Waals surface area contributed by atoms with Gasteiger partial charge in [-0.2, -0.15) is 13.2 Å². The van der Waals surface area contributed by atoms with Crippen molar-refractivity contribution in [3.8, 4) is 0 Å². The van der Waals surface area contributed by atoms with Crippen molar-refractivity contribution in [3.63, 3.8) is 0 Å². The minimum absolute atomic E-state index is 0.115. The maximum Gasteiger partial charge on any atom is 0.416 e. The van der Waals surface area contributed by atoms with Crippen molar-refractivity contribution >= 4 is 21.7 Å². The monoisotopic (exact) mass is 332 g/mol. The predicted octanol–water partition coefficient (Wildman–Crippen LogP) is 4.49. The Morgan fingerprint density at radius 3 is 2.53 bits per heavy atom. The lowest BCUT2D eigenvalue weighted by atomic mass is 10.0. The lowest BCUT2D eigenvalue weighted by Gasteiger charge is -2.07. The van der Waals surface area contributed by atoms with Gasteiger partial charge < -0.3 is 4.42 Å². The van der Waals surface area contributed by atoms with Gasteiger partial charge in [-0.1, -0.05) is 18.2 Å². The van der Waals surface area contributed by atoms with Crippen molar-refractivity contribution in [1.82, 2.24) is 0 Å². The predicted molar refractivity (Wildman–Crippen MR) is 65.9 cm³/mol. The molecule has 0 amide bonds. The number of carbonyl (C=O) groups is 1. The summed E-state index contributed by atoms with van der Waals surface area (Å²) < 4.78 is 43.0. The van der Waals surface area contributed by atoms with Gasteiger partial charge >= 0.3 is 6.18 Å². The molecule has 1 heterocycles. The fourth-order valence-electron chi connectivity index (χ4n) is 1.59. The van der Waals surface area contributed by atoms with Crippen LogP contribution in [0.2, 0.25) is 0 Å². The van der Waals surface area contributed by atoms with Gasteiger partial charge in [-0.25, -0.2) is 0 Å². The van der Waals surface area contributed by atoms with E-state index in [1.807, 2.05) is 0 Å². The number of Topliss-reactive ketones (excluding diaryl/α,β-unsaturated/α-hetero) is 1. The minimum Gasteiger partial charge on any atom is -0.446 e. The highest BCUT2D eigenvalue weighted by atomic mass is 79.9. The molecule has 0 saturated carbocycles. The molecule has 0 aliphatic carbocycles. The van der Waals surface area contributed by atoms with E-state index in [1.165, 1.54) is 18.2 Å². The van der Waals surface area contributed by atoms with Gasteiger partial charge in [0.05, 0.1) is 5.56 Å². The van der Waals surface area contributed by atoms with Gasteiger partial charge in [0, 0.05) is 6.42 Å². The summed E-state index contributed by atoms with van der Waals surface area (Å²) in [5.41, 5.74) is -0.467. The Labute approximate surface area is 115 Å². The van der Waals surface area contributed by atoms with E-state index in [4.69, 9.17) is 4.42 Å². The summed E-state index contributed by atoms with van der Waals surface area (Å²) in [6, 6.07) is 7.72. The molecule has 0 radical (unpaired) electrons. The largest absolute Gasteiger partial charge is 0.446 e. The first-order chi connectivity index (χ1) is 8.86. The average molecular weight is 333 g/mol. The zero-order valence-corrected chi connectivity index (χ0v) is 11.1. The normalized spacial score (nSPS) is 11.6. The number of alkyl halides is 3. The average Bonchev–Trinajstić information content (AvgIpc) is 2.75. The maximum absolute atomic E-state index is 12.5. The second-order valence-electron chi connectivity index (χ2n) is 3.90. The first-order valence-electron chi connectivity index (χ1n) is 5.31. The van der Waals surface area contributed by atoms with Crippen molar-refractivity contribution in [1.29, 1.82) is 0 Å². The van der Waals surface area contributed by atoms with Crippen LogP contribution in [-0.2, 0) is 12.6 Å². The Morgan fingerprint density at radius 1 is 1.21 bits per heavy atom. The SMILES string of the molecule is O=C(Cc1cccc(C(F)(F)F)c1)c1ccc(Br)o1. The Bertz CT molecular complexity index is 602. The van der Waals surface area contributed by atoms with Gasteiger partial charge in [-0.05, 0) is 39.7 Å². The van der Waals surface area contributed by atoms with Crippen LogP contribution >= 0.6 is 15.9 Å². The summed E-state index contributed by atoms with van der Waals surface area (Å²) in [7, 11) is 0. The molecule has 0 aliphatic rings. The lowest BCUT2D eigenvalue weighted by molar-refractivity contribution is -0.137. The summed E-state index contributed by atoms with van der Waals surface area (Å²) in [5.74, 6) is -0.255. The zero-order valence-electron chi connectivity index (χ0n) is 9.50. The quantitative estimate of drug-likeness (QED) is 0.775. The van der Waals surface area contributed by atoms with E-state index in [2.05, 4.69) is 15.9 Å². The summed E-state index contributed by atoms with van der Waals surface area (Å²) >= 11 is 3.06. The summed E-state index contributed by atoms with van der Waals surface area (Å²) in [6.45, 7) is 0. The van der Waals surface area contributed by atoms with Crippen LogP contribution in [0.1, 0.15) is 21.7 Å². The van der Waals surface area contributed by atoms with Crippen LogP contribution in [0.3, 0.4) is 0 Å². The van der Waals surface area contributed by atoms with Crippen LogP contribution < -0.4 is 0 Å². The van der Waals surface area contributed by atoms with E-state index >= 15 is 0 Å². The highest BCUT2D eigenvalue weighted by Gasteiger charge is 2.30. The smallest absolute Gasteiger partial charge is 0.416 e. The standard InChI is InChI=1S/C13H8BrF3O2/c14-12-5-4-11(19-12)10(18)7-8-2-1-3-9(6-8)13(15,16)17/h1-6H,7H2. The second-order valence-corrected chi connectivity index (χ2v) is 4.68. The van der Waals surface area contributed by atoms with Crippen LogP contribution in [0.25, 0.3) is 0 Å². The van der Waals surface area contributed by atoms with E-state index in [0.29, 0.717) is 10.2 Å². The van der Waals surface area contributed by atoms with Crippen molar-refractivity contribution < 1.29 is 22.4 Å². The number of furan rings is 1. The van der Waals surface area contributed by atoms with Crippen molar-refractivity contribution in [3.05, 3.63) is 58.0 Å². The number of halogens is 4. The number of ketones is 1. The number of carbonyl (C=O) groups excluding carboxylic acids is 1. The van der Waals surface area contributed by atoms with E-state index in [-0.39, 0.29) is 18.0 Å². The molecule has 0 saturated heterocycles. The van der Waals surface area contributed by atoms with Gasteiger partial charge in [-0.15, -0.1) is 0 Å². The molecule has 0 unspecified atom stereocenters. The Balaban J connectivity index is 2.18. The van der Waals surface area contributed by atoms with E-state index in [1.54, 1.807) is 6.07 Å². The fourth-order valence-corrected chi connectivity index (χ4v) is 1.90. The number of rotatable bonds is 3. The highest BCUT2D eigenvalue weighted by Crippen LogP contribution is 2.29. The van der Waals surface area contributed by atoms with Crippen molar-refractivity contribution in [2.24, 2.45) is 0 Å². The molecule has 2 nitrogen and oxygen atoms in total. The molecule has 2 aromatic rings. The first kappa shape index (κ1) is 13.9. The molecular weight excluding hydrogens is 325 g/mol. The molecule has 0 aliphatic heterocycles. The molecular formula is C13H8BrF3O2. The van der Waals surface area contributed by atoms with Crippen molar-refractivity contribution in [2.75, 3.05) is 0 Å². The van der Waals surface area contributed by atoms with Crippen LogP contribution in [0, 0.1) is 0 Å². The van der Waals surface area contributed by atoms with Crippen LogP contribution in [0.4, 0.5) is 13.2 Å². The van der Waals surface area contributed by atoms with Crippen LogP contribution in [0.5, 0.6) is 0 Å². The molecule has 6 heteroatoms. The number of hydrogen-bond acceptors (Lipinski definition) is 2. The summed E-state index contributed by atoms with van der Waals surface area (Å²) in [6.07, 6.45) is -4.54. The van der Waals surface area contributed by atoms with Gasteiger partial charge in [0.1, 0.15) is 0 Å². The third-order valence-electron chi connectivity index (χ3n) is 2.47. The van der Waals surface area contributed by atoms with E-state index in [9.17, 15) is 18.0 Å². The second kappa shape index (κ2) is 5.21. The highest BCUT2D eigenvalue weighted by molar-refractivity contribution is 9.10. The topological polar surface area (TPSA) is 30.2 Å². The number of benzene rings is 1. The lowest BCUT2D eigenvalue weighted by Crippen LogP contribution is -2.07. The molecule has 19 heavy (non-hydrogen) atoms. The van der Waals surface area contributed by atoms with E-state index < -0.39 is 11.7 Å².